The van der Waals surface area contributed by atoms with Crippen molar-refractivity contribution in [2.75, 3.05) is 0 Å². The highest BCUT2D eigenvalue weighted by atomic mass is 79.9. The number of alkyl halides is 2. The van der Waals surface area contributed by atoms with Crippen molar-refractivity contribution < 1.29 is 18.3 Å². The summed E-state index contributed by atoms with van der Waals surface area (Å²) in [5.41, 5.74) is -0.161. The quantitative estimate of drug-likeness (QED) is 0.804. The van der Waals surface area contributed by atoms with E-state index < -0.39 is 12.4 Å². The first-order valence-corrected chi connectivity index (χ1v) is 4.94. The van der Waals surface area contributed by atoms with Crippen molar-refractivity contribution in [3.8, 4) is 11.8 Å². The van der Waals surface area contributed by atoms with Crippen LogP contribution in [-0.2, 0) is 0 Å². The predicted octanol–water partition coefficient (Wildman–Crippen LogP) is 3.12. The normalized spacial score (nSPS) is 10.0. The first kappa shape index (κ1) is 12.6. The summed E-state index contributed by atoms with van der Waals surface area (Å²) < 4.78 is 28.9. The molecule has 0 aromatic heterocycles. The van der Waals surface area contributed by atoms with Crippen LogP contribution >= 0.6 is 15.9 Å². The largest absolute Gasteiger partial charge is 0.433 e. The number of nitriles is 1. The van der Waals surface area contributed by atoms with Gasteiger partial charge in [-0.1, -0.05) is 15.9 Å². The molecule has 1 aromatic rings. The predicted molar refractivity (Wildman–Crippen MR) is 55.5 cm³/mol. The van der Waals surface area contributed by atoms with Crippen molar-refractivity contribution in [3.63, 3.8) is 0 Å². The second-order valence-corrected chi connectivity index (χ2v) is 3.79. The smallest absolute Gasteiger partial charge is 0.387 e. The van der Waals surface area contributed by atoms with Gasteiger partial charge in [-0.3, -0.25) is 4.79 Å². The number of carbonyl (C=O) groups excluding carboxylic acids is 1. The number of nitrogens with zero attached hydrogens (tertiary/aromatic N) is 1. The number of hydrogen-bond donors (Lipinski definition) is 0. The Balaban J connectivity index is 3.40. The van der Waals surface area contributed by atoms with E-state index in [1.54, 1.807) is 6.07 Å². The molecule has 16 heavy (non-hydrogen) atoms. The van der Waals surface area contributed by atoms with Crippen LogP contribution in [0.3, 0.4) is 0 Å². The molecule has 0 amide bonds. The first-order valence-electron chi connectivity index (χ1n) is 4.15. The third-order valence-electron chi connectivity index (χ3n) is 1.76. The zero-order valence-electron chi connectivity index (χ0n) is 8.13. The molecule has 6 heteroatoms. The molecule has 0 unspecified atom stereocenters. The minimum Gasteiger partial charge on any atom is -0.433 e. The maximum Gasteiger partial charge on any atom is 0.387 e. The van der Waals surface area contributed by atoms with Crippen LogP contribution in [-0.4, -0.2) is 12.4 Å². The Morgan fingerprint density at radius 3 is 2.62 bits per heavy atom. The van der Waals surface area contributed by atoms with Gasteiger partial charge >= 0.3 is 6.61 Å². The van der Waals surface area contributed by atoms with Gasteiger partial charge in [-0.25, -0.2) is 0 Å². The van der Waals surface area contributed by atoms with Crippen LogP contribution in [0.1, 0.15) is 22.8 Å². The monoisotopic (exact) mass is 289 g/mol. The first-order chi connectivity index (χ1) is 7.45. The van der Waals surface area contributed by atoms with Gasteiger partial charge in [-0.2, -0.15) is 14.0 Å². The molecule has 0 heterocycles. The topological polar surface area (TPSA) is 50.1 Å². The van der Waals surface area contributed by atoms with Gasteiger partial charge in [0.25, 0.3) is 0 Å². The van der Waals surface area contributed by atoms with Crippen LogP contribution < -0.4 is 4.74 Å². The van der Waals surface area contributed by atoms with E-state index in [9.17, 15) is 13.6 Å². The highest BCUT2D eigenvalue weighted by molar-refractivity contribution is 9.10. The van der Waals surface area contributed by atoms with E-state index in [1.807, 2.05) is 0 Å². The van der Waals surface area contributed by atoms with Gasteiger partial charge in [0, 0.05) is 4.47 Å². The van der Waals surface area contributed by atoms with E-state index in [1.165, 1.54) is 19.1 Å². The van der Waals surface area contributed by atoms with Crippen molar-refractivity contribution in [1.82, 2.24) is 0 Å². The SMILES string of the molecule is CC(=O)c1cc(Br)cc(C#N)c1OC(F)F. The van der Waals surface area contributed by atoms with E-state index in [2.05, 4.69) is 20.7 Å². The molecule has 1 aromatic carbocycles. The van der Waals surface area contributed by atoms with Crippen molar-refractivity contribution in [2.45, 2.75) is 13.5 Å². The van der Waals surface area contributed by atoms with Gasteiger partial charge in [0.15, 0.2) is 11.5 Å². The van der Waals surface area contributed by atoms with Gasteiger partial charge in [0.1, 0.15) is 6.07 Å². The molecule has 3 nitrogen and oxygen atoms in total. The lowest BCUT2D eigenvalue weighted by atomic mass is 10.1. The second-order valence-electron chi connectivity index (χ2n) is 2.88. The summed E-state index contributed by atoms with van der Waals surface area (Å²) in [7, 11) is 0. The average Bonchev–Trinajstić information content (AvgIpc) is 2.19. The number of benzene rings is 1. The number of hydrogen-bond acceptors (Lipinski definition) is 3. The molecule has 84 valence electrons. The Morgan fingerprint density at radius 2 is 2.19 bits per heavy atom. The molecule has 0 atom stereocenters. The number of rotatable bonds is 3. The lowest BCUT2D eigenvalue weighted by Gasteiger charge is -2.10. The summed E-state index contributed by atoms with van der Waals surface area (Å²) in [6.07, 6.45) is 0. The molecule has 0 fully saturated rings. The zero-order valence-corrected chi connectivity index (χ0v) is 9.72. The molecular weight excluding hydrogens is 284 g/mol. The zero-order chi connectivity index (χ0) is 12.3. The number of ether oxygens (including phenoxy) is 1. The standard InChI is InChI=1S/C10H6BrF2NO2/c1-5(15)8-3-7(11)2-6(4-14)9(8)16-10(12)13/h2-3,10H,1H3. The van der Waals surface area contributed by atoms with Gasteiger partial charge in [0.2, 0.25) is 0 Å². The van der Waals surface area contributed by atoms with Gasteiger partial charge in [-0.15, -0.1) is 0 Å². The summed E-state index contributed by atoms with van der Waals surface area (Å²) in [4.78, 5) is 11.2. The maximum atomic E-state index is 12.1. The highest BCUT2D eigenvalue weighted by Gasteiger charge is 2.18. The molecule has 0 aliphatic carbocycles. The van der Waals surface area contributed by atoms with Gasteiger partial charge < -0.3 is 4.74 Å². The maximum absolute atomic E-state index is 12.1. The molecule has 0 saturated heterocycles. The molecule has 0 aliphatic rings. The molecule has 0 saturated carbocycles. The van der Waals surface area contributed by atoms with E-state index in [4.69, 9.17) is 5.26 Å². The van der Waals surface area contributed by atoms with E-state index >= 15 is 0 Å². The number of Topliss-reactive ketones (excluding diaryl/α,β-unsaturated/α-hetero) is 1. The van der Waals surface area contributed by atoms with Crippen molar-refractivity contribution in [2.24, 2.45) is 0 Å². The molecule has 0 spiro atoms. The molecule has 1 rings (SSSR count). The van der Waals surface area contributed by atoms with Crippen molar-refractivity contribution in [1.29, 1.82) is 5.26 Å². The number of carbonyl (C=O) groups is 1. The van der Waals surface area contributed by atoms with Gasteiger partial charge in [0.05, 0.1) is 11.1 Å². The van der Waals surface area contributed by atoms with Crippen LogP contribution in [0.15, 0.2) is 16.6 Å². The summed E-state index contributed by atoms with van der Waals surface area (Å²) >= 11 is 3.08. The van der Waals surface area contributed by atoms with Crippen molar-refractivity contribution in [3.05, 3.63) is 27.7 Å². The Hall–Kier alpha value is -1.48. The number of ketones is 1. The minimum atomic E-state index is -3.08. The summed E-state index contributed by atoms with van der Waals surface area (Å²) in [6, 6.07) is 4.34. The fraction of sp³-hybridized carbons (Fsp3) is 0.200. The van der Waals surface area contributed by atoms with Crippen LogP contribution in [0.4, 0.5) is 8.78 Å². The highest BCUT2D eigenvalue weighted by Crippen LogP contribution is 2.29. The third-order valence-corrected chi connectivity index (χ3v) is 2.22. The fourth-order valence-electron chi connectivity index (χ4n) is 1.15. The fourth-order valence-corrected chi connectivity index (χ4v) is 1.61. The number of halogens is 3. The molecule has 0 bridgehead atoms. The second kappa shape index (κ2) is 5.03. The third kappa shape index (κ3) is 2.76. The Bertz CT molecular complexity index is 469. The van der Waals surface area contributed by atoms with Crippen molar-refractivity contribution >= 4 is 21.7 Å². The average molecular weight is 290 g/mol. The molecule has 0 aliphatic heterocycles. The molecule has 0 radical (unpaired) electrons. The van der Waals surface area contributed by atoms with E-state index in [0.717, 1.165) is 0 Å². The summed E-state index contributed by atoms with van der Waals surface area (Å²) in [6.45, 7) is -1.87. The lowest BCUT2D eigenvalue weighted by molar-refractivity contribution is -0.0503. The Morgan fingerprint density at radius 1 is 1.56 bits per heavy atom. The van der Waals surface area contributed by atoms with Crippen LogP contribution in [0.2, 0.25) is 0 Å². The van der Waals surface area contributed by atoms with Crippen LogP contribution in [0.5, 0.6) is 5.75 Å². The van der Waals surface area contributed by atoms with E-state index in [0.29, 0.717) is 4.47 Å². The Kier molecular flexibility index (Phi) is 3.96. The van der Waals surface area contributed by atoms with Crippen LogP contribution in [0, 0.1) is 11.3 Å². The lowest BCUT2D eigenvalue weighted by Crippen LogP contribution is -2.08. The van der Waals surface area contributed by atoms with E-state index in [-0.39, 0.29) is 16.9 Å². The molecular formula is C10H6BrF2NO2. The minimum absolute atomic E-state index is 0.0498. The Labute approximate surface area is 98.8 Å². The summed E-state index contributed by atoms with van der Waals surface area (Å²) in [5, 5.41) is 8.75. The summed E-state index contributed by atoms with van der Waals surface area (Å²) in [5.74, 6) is -0.832. The van der Waals surface area contributed by atoms with Gasteiger partial charge in [-0.05, 0) is 19.1 Å². The van der Waals surface area contributed by atoms with Crippen LogP contribution in [0.25, 0.3) is 0 Å². The molecule has 0 N–H and O–H groups in total.